The first-order chi connectivity index (χ1) is 9.12. The van der Waals surface area contributed by atoms with Gasteiger partial charge >= 0.3 is 133 Å². The van der Waals surface area contributed by atoms with Gasteiger partial charge in [-0.2, -0.15) is 0 Å². The zero-order chi connectivity index (χ0) is 14.7. The van der Waals surface area contributed by atoms with Crippen LogP contribution in [-0.2, 0) is 37.7 Å². The number of unbranched alkanes of at least 4 members (excludes halogenated alkanes) is 1. The minimum absolute atomic E-state index is 0.187. The van der Waals surface area contributed by atoms with Gasteiger partial charge in [-0.3, -0.25) is 0 Å². The van der Waals surface area contributed by atoms with E-state index >= 15 is 0 Å². The third kappa shape index (κ3) is 7.64. The molecule has 3 nitrogen and oxygen atoms in total. The Morgan fingerprint density at radius 2 is 1.84 bits per heavy atom. The first-order valence-corrected chi connectivity index (χ1v) is 18.0. The summed E-state index contributed by atoms with van der Waals surface area (Å²) in [7, 11) is 5.99. The molecule has 0 saturated carbocycles. The summed E-state index contributed by atoms with van der Waals surface area (Å²) in [6, 6.07) is 0. The van der Waals surface area contributed by atoms with Crippen molar-refractivity contribution < 1.29 is 37.7 Å². The molecule has 0 aromatic heterocycles. The molecular formula is C14H25ClHgO3. The van der Waals surface area contributed by atoms with Crippen LogP contribution in [0, 0.1) is 11.8 Å². The Kier molecular flexibility index (Phi) is 12.4. The van der Waals surface area contributed by atoms with Gasteiger partial charge in [0, 0.05) is 0 Å². The predicted octanol–water partition coefficient (Wildman–Crippen LogP) is 4.00. The molecule has 0 aliphatic carbocycles. The van der Waals surface area contributed by atoms with Gasteiger partial charge in [0.15, 0.2) is 0 Å². The van der Waals surface area contributed by atoms with Gasteiger partial charge in [-0.15, -0.1) is 0 Å². The number of carbonyl (C=O) groups excluding carboxylic acids is 2. The van der Waals surface area contributed by atoms with E-state index in [-0.39, 0.29) is 23.6 Å². The normalized spacial score (nSPS) is 13.5. The van der Waals surface area contributed by atoms with E-state index < -0.39 is 23.3 Å². The van der Waals surface area contributed by atoms with E-state index in [0.717, 1.165) is 23.2 Å². The SMILES string of the molecule is CCCCOC(=O)[C@H]([CH2][Hg][Cl])[C@H](CC)C(=O)CCC. The molecule has 108 valence electrons. The molecule has 5 heteroatoms. The van der Waals surface area contributed by atoms with Crippen molar-refractivity contribution in [2.75, 3.05) is 6.61 Å². The molecule has 19 heavy (non-hydrogen) atoms. The number of carbonyl (C=O) groups is 2. The fourth-order valence-corrected chi connectivity index (χ4v) is 7.65. The van der Waals surface area contributed by atoms with Crippen molar-refractivity contribution in [3.8, 4) is 0 Å². The molecule has 0 aliphatic rings. The molecule has 0 fully saturated rings. The van der Waals surface area contributed by atoms with E-state index in [1.54, 1.807) is 0 Å². The Morgan fingerprint density at radius 3 is 2.32 bits per heavy atom. The number of esters is 1. The van der Waals surface area contributed by atoms with Gasteiger partial charge in [0.1, 0.15) is 0 Å². The topological polar surface area (TPSA) is 43.4 Å². The Morgan fingerprint density at radius 1 is 1.16 bits per heavy atom. The maximum atomic E-state index is 12.1. The van der Waals surface area contributed by atoms with Crippen LogP contribution >= 0.6 is 8.25 Å². The van der Waals surface area contributed by atoms with E-state index in [1.165, 1.54) is 0 Å². The number of hydrogen-bond acceptors (Lipinski definition) is 3. The standard InChI is InChI=1S/C14H25O3.ClH.Hg/c1-5-8-10-17-14(16)11(4)12(7-3)13(15)9-6-2;;/h11-12H,4-10H2,1-3H3;1H;/q;;+1/p-1/t11-,12+;;/m1../s1. The molecule has 0 radical (unpaired) electrons. The van der Waals surface area contributed by atoms with Crippen LogP contribution in [-0.4, -0.2) is 18.4 Å². The van der Waals surface area contributed by atoms with E-state index in [4.69, 9.17) is 13.0 Å². The molecule has 0 rings (SSSR count). The van der Waals surface area contributed by atoms with Gasteiger partial charge < -0.3 is 0 Å². The van der Waals surface area contributed by atoms with Gasteiger partial charge in [0.2, 0.25) is 0 Å². The molecule has 2 atom stereocenters. The van der Waals surface area contributed by atoms with Crippen LogP contribution < -0.4 is 0 Å². The number of Topliss-reactive ketones (excluding diaryl/α,β-unsaturated/α-hetero) is 1. The van der Waals surface area contributed by atoms with Crippen LogP contribution in [0.3, 0.4) is 0 Å². The van der Waals surface area contributed by atoms with Crippen LogP contribution in [0.15, 0.2) is 0 Å². The third-order valence-electron chi connectivity index (χ3n) is 3.30. The Balaban J connectivity index is 4.64. The summed E-state index contributed by atoms with van der Waals surface area (Å²) >= 11 is -1.48. The predicted molar refractivity (Wildman–Crippen MR) is 73.7 cm³/mol. The Hall–Kier alpha value is 0.365. The first-order valence-electron chi connectivity index (χ1n) is 7.37. The summed E-state index contributed by atoms with van der Waals surface area (Å²) in [5.74, 6) is -0.473. The monoisotopic (exact) mass is 478 g/mol. The fourth-order valence-electron chi connectivity index (χ4n) is 2.19. The summed E-state index contributed by atoms with van der Waals surface area (Å²) in [5, 5.41) is 0. The van der Waals surface area contributed by atoms with Crippen LogP contribution in [0.25, 0.3) is 0 Å². The number of ketones is 1. The van der Waals surface area contributed by atoms with Crippen molar-refractivity contribution in [3.05, 3.63) is 0 Å². The molecule has 0 saturated heterocycles. The summed E-state index contributed by atoms with van der Waals surface area (Å²) in [5.41, 5.74) is 0. The molecule has 0 heterocycles. The molecule has 0 spiro atoms. The summed E-state index contributed by atoms with van der Waals surface area (Å²) in [6.45, 7) is 6.47. The van der Waals surface area contributed by atoms with Crippen molar-refractivity contribution in [1.29, 1.82) is 0 Å². The summed E-state index contributed by atoms with van der Waals surface area (Å²) < 4.78 is 6.03. The molecule has 0 N–H and O–H groups in total. The van der Waals surface area contributed by atoms with Gasteiger partial charge in [0.05, 0.1) is 0 Å². The Bertz CT molecular complexity index is 271. The van der Waals surface area contributed by atoms with Crippen LogP contribution in [0.4, 0.5) is 0 Å². The average Bonchev–Trinajstić information content (AvgIpc) is 2.39. The van der Waals surface area contributed by atoms with Crippen molar-refractivity contribution in [2.45, 2.75) is 56.8 Å². The van der Waals surface area contributed by atoms with Crippen molar-refractivity contribution >= 4 is 20.0 Å². The fraction of sp³-hybridized carbons (Fsp3) is 0.857. The second-order valence-electron chi connectivity index (χ2n) is 4.84. The second-order valence-corrected chi connectivity index (χ2v) is 11.9. The average molecular weight is 477 g/mol. The molecule has 0 bridgehead atoms. The van der Waals surface area contributed by atoms with E-state index in [2.05, 4.69) is 6.92 Å². The van der Waals surface area contributed by atoms with E-state index in [0.29, 0.717) is 19.4 Å². The van der Waals surface area contributed by atoms with Gasteiger partial charge in [-0.1, -0.05) is 0 Å². The zero-order valence-electron chi connectivity index (χ0n) is 12.4. The molecule has 0 amide bonds. The molecule has 0 aromatic carbocycles. The van der Waals surface area contributed by atoms with Crippen molar-refractivity contribution in [3.63, 3.8) is 0 Å². The molecule has 0 aliphatic heterocycles. The summed E-state index contributed by atoms with van der Waals surface area (Å²) in [4.78, 5) is 24.2. The van der Waals surface area contributed by atoms with Crippen LogP contribution in [0.5, 0.6) is 0 Å². The van der Waals surface area contributed by atoms with Gasteiger partial charge in [-0.25, -0.2) is 0 Å². The molecular weight excluding hydrogens is 452 g/mol. The number of halogens is 1. The second kappa shape index (κ2) is 12.1. The van der Waals surface area contributed by atoms with Gasteiger partial charge in [0.25, 0.3) is 0 Å². The minimum atomic E-state index is -1.48. The number of ether oxygens (including phenoxy) is 1. The van der Waals surface area contributed by atoms with E-state index in [1.807, 2.05) is 13.8 Å². The number of hydrogen-bond donors (Lipinski definition) is 0. The van der Waals surface area contributed by atoms with E-state index in [9.17, 15) is 9.59 Å². The van der Waals surface area contributed by atoms with Crippen LogP contribution in [0.1, 0.15) is 52.9 Å². The number of rotatable bonds is 11. The first kappa shape index (κ1) is 19.4. The van der Waals surface area contributed by atoms with Crippen molar-refractivity contribution in [2.24, 2.45) is 11.8 Å². The quantitative estimate of drug-likeness (QED) is 0.257. The van der Waals surface area contributed by atoms with Gasteiger partial charge in [-0.05, 0) is 0 Å². The third-order valence-corrected chi connectivity index (χ3v) is 8.48. The molecule has 0 aromatic rings. The van der Waals surface area contributed by atoms with Crippen LogP contribution in [0.2, 0.25) is 3.93 Å². The Labute approximate surface area is 132 Å². The molecule has 0 unspecified atom stereocenters. The summed E-state index contributed by atoms with van der Waals surface area (Å²) in [6.07, 6.45) is 3.97. The maximum absolute atomic E-state index is 12.1. The van der Waals surface area contributed by atoms with Crippen molar-refractivity contribution in [1.82, 2.24) is 0 Å². The zero-order valence-corrected chi connectivity index (χ0v) is 18.7.